The van der Waals surface area contributed by atoms with Crippen LogP contribution in [0, 0.1) is 13.8 Å². The summed E-state index contributed by atoms with van der Waals surface area (Å²) >= 11 is 0. The minimum Gasteiger partial charge on any atom is -0.493 e. The number of hydrogen-bond donors (Lipinski definition) is 1. The van der Waals surface area contributed by atoms with Gasteiger partial charge in [0.2, 0.25) is 5.91 Å². The van der Waals surface area contributed by atoms with E-state index < -0.39 is 0 Å². The van der Waals surface area contributed by atoms with Crippen LogP contribution in [0.15, 0.2) is 42.5 Å². The molecule has 0 unspecified atom stereocenters. The average Bonchev–Trinajstić information content (AvgIpc) is 2.52. The van der Waals surface area contributed by atoms with E-state index in [9.17, 15) is 9.59 Å². The number of amides is 1. The molecule has 0 fully saturated rings. The van der Waals surface area contributed by atoms with Crippen LogP contribution in [0.5, 0.6) is 11.5 Å². The number of benzene rings is 2. The molecule has 5 heteroatoms. The molecule has 1 N–H and O–H groups in total. The summed E-state index contributed by atoms with van der Waals surface area (Å²) < 4.78 is 10.9. The van der Waals surface area contributed by atoms with Gasteiger partial charge in [-0.2, -0.15) is 0 Å². The molecule has 0 aromatic heterocycles. The molecule has 0 aliphatic rings. The van der Waals surface area contributed by atoms with Gasteiger partial charge in [0.05, 0.1) is 13.0 Å². The molecule has 0 aliphatic carbocycles. The van der Waals surface area contributed by atoms with Gasteiger partial charge in [0.25, 0.3) is 0 Å². The van der Waals surface area contributed by atoms with E-state index in [1.54, 1.807) is 24.3 Å². The van der Waals surface area contributed by atoms with Gasteiger partial charge in [0, 0.05) is 12.6 Å². The number of carbonyl (C=O) groups excluding carboxylic acids is 2. The monoisotopic (exact) mass is 327 g/mol. The lowest BCUT2D eigenvalue weighted by Gasteiger charge is -2.10. The molecule has 0 saturated heterocycles. The van der Waals surface area contributed by atoms with Crippen molar-refractivity contribution in [1.82, 2.24) is 0 Å². The van der Waals surface area contributed by atoms with Crippen molar-refractivity contribution < 1.29 is 19.1 Å². The van der Waals surface area contributed by atoms with Crippen LogP contribution in [-0.4, -0.2) is 18.5 Å². The van der Waals surface area contributed by atoms with E-state index in [4.69, 9.17) is 9.47 Å². The van der Waals surface area contributed by atoms with Crippen LogP contribution in [0.2, 0.25) is 0 Å². The molecule has 2 aromatic carbocycles. The third-order valence-electron chi connectivity index (χ3n) is 3.31. The van der Waals surface area contributed by atoms with E-state index >= 15 is 0 Å². The van der Waals surface area contributed by atoms with Crippen molar-refractivity contribution in [2.75, 3.05) is 11.9 Å². The summed E-state index contributed by atoms with van der Waals surface area (Å²) in [7, 11) is 0. The normalized spacial score (nSPS) is 10.1. The van der Waals surface area contributed by atoms with Crippen LogP contribution in [-0.2, 0) is 9.59 Å². The number of ether oxygens (including phenoxy) is 2. The summed E-state index contributed by atoms with van der Waals surface area (Å²) in [4.78, 5) is 22.8. The molecule has 0 saturated carbocycles. The largest absolute Gasteiger partial charge is 0.493 e. The second kappa shape index (κ2) is 8.15. The van der Waals surface area contributed by atoms with E-state index in [1.165, 1.54) is 6.92 Å². The van der Waals surface area contributed by atoms with Gasteiger partial charge in [-0.25, -0.2) is 0 Å². The first-order valence-electron chi connectivity index (χ1n) is 7.72. The lowest BCUT2D eigenvalue weighted by molar-refractivity contribution is -0.134. The zero-order chi connectivity index (χ0) is 17.5. The molecule has 0 spiro atoms. The Kier molecular flexibility index (Phi) is 5.95. The Morgan fingerprint density at radius 3 is 2.42 bits per heavy atom. The highest BCUT2D eigenvalue weighted by Crippen LogP contribution is 2.20. The summed E-state index contributed by atoms with van der Waals surface area (Å²) in [5.74, 6) is 0.694. The lowest BCUT2D eigenvalue weighted by Crippen LogP contribution is -2.13. The molecule has 2 rings (SSSR count). The molecular formula is C19H21NO4. The van der Waals surface area contributed by atoms with Crippen LogP contribution < -0.4 is 14.8 Å². The van der Waals surface area contributed by atoms with Crippen LogP contribution in [0.4, 0.5) is 5.69 Å². The molecule has 0 bridgehead atoms. The maximum Gasteiger partial charge on any atom is 0.314 e. The Hall–Kier alpha value is -2.82. The summed E-state index contributed by atoms with van der Waals surface area (Å²) in [6, 6.07) is 12.6. The van der Waals surface area contributed by atoms with Crippen molar-refractivity contribution in [2.45, 2.75) is 27.2 Å². The minimum absolute atomic E-state index is 0.150. The molecular weight excluding hydrogens is 306 g/mol. The van der Waals surface area contributed by atoms with E-state index in [0.29, 0.717) is 11.4 Å². The van der Waals surface area contributed by atoms with Crippen LogP contribution >= 0.6 is 0 Å². The summed E-state index contributed by atoms with van der Waals surface area (Å²) in [5, 5.41) is 2.65. The van der Waals surface area contributed by atoms with E-state index in [-0.39, 0.29) is 24.9 Å². The predicted molar refractivity (Wildman–Crippen MR) is 92.4 cm³/mol. The van der Waals surface area contributed by atoms with Crippen molar-refractivity contribution in [2.24, 2.45) is 0 Å². The highest BCUT2D eigenvalue weighted by Gasteiger charge is 2.07. The predicted octanol–water partition coefficient (Wildman–Crippen LogP) is 3.64. The maximum absolute atomic E-state index is 11.8. The lowest BCUT2D eigenvalue weighted by atomic mass is 10.1. The topological polar surface area (TPSA) is 64.6 Å². The maximum atomic E-state index is 11.8. The Morgan fingerprint density at radius 1 is 1.04 bits per heavy atom. The summed E-state index contributed by atoms with van der Waals surface area (Å²) in [5.41, 5.74) is 2.79. The van der Waals surface area contributed by atoms with Crippen LogP contribution in [0.3, 0.4) is 0 Å². The van der Waals surface area contributed by atoms with Gasteiger partial charge < -0.3 is 14.8 Å². The zero-order valence-corrected chi connectivity index (χ0v) is 14.1. The number of aryl methyl sites for hydroxylation is 2. The molecule has 126 valence electrons. The standard InChI is InChI=1S/C19H21NO4/c1-13-4-5-14(2)18(12-13)23-11-10-19(22)24-17-8-6-16(7-9-17)20-15(3)21/h4-9,12H,10-11H2,1-3H3,(H,20,21). The molecule has 2 aromatic rings. The number of anilines is 1. The van der Waals surface area contributed by atoms with Gasteiger partial charge in [-0.15, -0.1) is 0 Å². The highest BCUT2D eigenvalue weighted by atomic mass is 16.5. The van der Waals surface area contributed by atoms with Gasteiger partial charge >= 0.3 is 5.97 Å². The molecule has 24 heavy (non-hydrogen) atoms. The fourth-order valence-electron chi connectivity index (χ4n) is 2.10. The number of nitrogens with one attached hydrogen (secondary N) is 1. The Balaban J connectivity index is 1.80. The van der Waals surface area contributed by atoms with Crippen molar-refractivity contribution in [3.63, 3.8) is 0 Å². The molecule has 0 aliphatic heterocycles. The van der Waals surface area contributed by atoms with Gasteiger partial charge in [0.15, 0.2) is 0 Å². The molecule has 0 atom stereocenters. The van der Waals surface area contributed by atoms with Gasteiger partial charge in [-0.05, 0) is 55.3 Å². The highest BCUT2D eigenvalue weighted by molar-refractivity contribution is 5.88. The van der Waals surface area contributed by atoms with E-state index in [1.807, 2.05) is 32.0 Å². The van der Waals surface area contributed by atoms with Gasteiger partial charge in [-0.3, -0.25) is 9.59 Å². The fourth-order valence-corrected chi connectivity index (χ4v) is 2.10. The fraction of sp³-hybridized carbons (Fsp3) is 0.263. The van der Waals surface area contributed by atoms with E-state index in [2.05, 4.69) is 5.32 Å². The molecule has 1 amide bonds. The molecule has 5 nitrogen and oxygen atoms in total. The summed E-state index contributed by atoms with van der Waals surface area (Å²) in [6.07, 6.45) is 0.154. The third-order valence-corrected chi connectivity index (χ3v) is 3.31. The first-order valence-corrected chi connectivity index (χ1v) is 7.72. The second-order valence-corrected chi connectivity index (χ2v) is 5.55. The Bertz CT molecular complexity index is 723. The van der Waals surface area contributed by atoms with Crippen LogP contribution in [0.25, 0.3) is 0 Å². The van der Waals surface area contributed by atoms with Gasteiger partial charge in [0.1, 0.15) is 11.5 Å². The molecule has 0 heterocycles. The quantitative estimate of drug-likeness (QED) is 0.650. The Morgan fingerprint density at radius 2 is 1.75 bits per heavy atom. The summed E-state index contributed by atoms with van der Waals surface area (Å²) in [6.45, 7) is 5.64. The number of esters is 1. The second-order valence-electron chi connectivity index (χ2n) is 5.55. The van der Waals surface area contributed by atoms with Crippen molar-refractivity contribution >= 4 is 17.6 Å². The van der Waals surface area contributed by atoms with Crippen molar-refractivity contribution in [1.29, 1.82) is 0 Å². The number of rotatable bonds is 6. The first-order chi connectivity index (χ1) is 11.4. The minimum atomic E-state index is -0.368. The average molecular weight is 327 g/mol. The Labute approximate surface area is 141 Å². The SMILES string of the molecule is CC(=O)Nc1ccc(OC(=O)CCOc2cc(C)ccc2C)cc1. The van der Waals surface area contributed by atoms with Crippen LogP contribution in [0.1, 0.15) is 24.5 Å². The van der Waals surface area contributed by atoms with E-state index in [0.717, 1.165) is 16.9 Å². The zero-order valence-electron chi connectivity index (χ0n) is 14.1. The third kappa shape index (κ3) is 5.43. The van der Waals surface area contributed by atoms with Gasteiger partial charge in [-0.1, -0.05) is 12.1 Å². The smallest absolute Gasteiger partial charge is 0.314 e. The number of carbonyl (C=O) groups is 2. The number of hydrogen-bond acceptors (Lipinski definition) is 4. The van der Waals surface area contributed by atoms with Crippen molar-refractivity contribution in [3.8, 4) is 11.5 Å². The first kappa shape index (κ1) is 17.5. The molecule has 0 radical (unpaired) electrons. The van der Waals surface area contributed by atoms with Crippen molar-refractivity contribution in [3.05, 3.63) is 53.6 Å².